The van der Waals surface area contributed by atoms with E-state index in [0.717, 1.165) is 17.5 Å². The van der Waals surface area contributed by atoms with Crippen molar-refractivity contribution in [3.05, 3.63) is 99.0 Å². The maximum absolute atomic E-state index is 13.6. The molecule has 2 amide bonds. The van der Waals surface area contributed by atoms with Gasteiger partial charge in [-0.3, -0.25) is 9.59 Å². The Kier molecular flexibility index (Phi) is 10.5. The number of nitrogens with one attached hydrogen (secondary N) is 1. The normalized spacial score (nSPS) is 12.5. The molecule has 190 valence electrons. The van der Waals surface area contributed by atoms with Crippen molar-refractivity contribution in [2.24, 2.45) is 0 Å². The molecule has 0 saturated carbocycles. The molecule has 0 fully saturated rings. The molecule has 0 aliphatic heterocycles. The van der Waals surface area contributed by atoms with Gasteiger partial charge in [0.05, 0.1) is 5.02 Å². The number of ether oxygens (including phenoxy) is 1. The Hall–Kier alpha value is -2.73. The van der Waals surface area contributed by atoms with Crippen LogP contribution in [0.2, 0.25) is 15.1 Å². The van der Waals surface area contributed by atoms with Crippen LogP contribution in [-0.4, -0.2) is 35.4 Å². The molecule has 5 nitrogen and oxygen atoms in total. The van der Waals surface area contributed by atoms with E-state index in [2.05, 4.69) is 5.32 Å². The highest BCUT2D eigenvalue weighted by atomic mass is 35.5. The van der Waals surface area contributed by atoms with Crippen LogP contribution in [-0.2, 0) is 22.6 Å². The Balaban J connectivity index is 1.93. The van der Waals surface area contributed by atoms with E-state index in [9.17, 15) is 9.59 Å². The van der Waals surface area contributed by atoms with Crippen LogP contribution in [0, 0.1) is 0 Å². The first-order valence-electron chi connectivity index (χ1n) is 11.7. The quantitative estimate of drug-likeness (QED) is 0.295. The zero-order chi connectivity index (χ0) is 26.1. The number of nitrogens with zero attached hydrogens (tertiary/aromatic N) is 1. The van der Waals surface area contributed by atoms with Crippen LogP contribution in [0.3, 0.4) is 0 Å². The minimum atomic E-state index is -0.783. The summed E-state index contributed by atoms with van der Waals surface area (Å²) >= 11 is 18.6. The Morgan fingerprint density at radius 3 is 2.31 bits per heavy atom. The number of hydrogen-bond acceptors (Lipinski definition) is 3. The summed E-state index contributed by atoms with van der Waals surface area (Å²) in [5, 5.41) is 4.30. The van der Waals surface area contributed by atoms with Crippen molar-refractivity contribution in [2.75, 3.05) is 6.61 Å². The lowest BCUT2D eigenvalue weighted by Gasteiger charge is -2.32. The fraction of sp³-hybridized carbons (Fsp3) is 0.286. The van der Waals surface area contributed by atoms with Gasteiger partial charge in [-0.25, -0.2) is 0 Å². The second kappa shape index (κ2) is 13.5. The highest BCUT2D eigenvalue weighted by Crippen LogP contribution is 2.28. The largest absolute Gasteiger partial charge is 0.482 e. The topological polar surface area (TPSA) is 58.6 Å². The molecule has 0 radical (unpaired) electrons. The molecule has 0 heterocycles. The third-order valence-corrected chi connectivity index (χ3v) is 6.71. The van der Waals surface area contributed by atoms with Gasteiger partial charge in [0, 0.05) is 29.1 Å². The summed E-state index contributed by atoms with van der Waals surface area (Å²) in [6.07, 6.45) is 1.10. The van der Waals surface area contributed by atoms with Crippen LogP contribution in [0.4, 0.5) is 0 Å². The highest BCUT2D eigenvalue weighted by molar-refractivity contribution is 6.35. The standard InChI is InChI=1S/C28H29Cl3N2O3/c1-3-19(2)32-28(35)25(15-20-9-5-4-6-10-20)33(17-21-11-7-8-12-23(21)30)27(34)18-36-26-14-13-22(29)16-24(26)31/h4-14,16,19,25H,3,15,17-18H2,1-2H3,(H,32,35)/t19-,25+/m1/s1. The molecule has 0 bridgehead atoms. The van der Waals surface area contributed by atoms with Gasteiger partial charge in [0.25, 0.3) is 5.91 Å². The van der Waals surface area contributed by atoms with E-state index in [4.69, 9.17) is 39.5 Å². The van der Waals surface area contributed by atoms with Crippen LogP contribution in [0.5, 0.6) is 5.75 Å². The smallest absolute Gasteiger partial charge is 0.261 e. The van der Waals surface area contributed by atoms with E-state index >= 15 is 0 Å². The van der Waals surface area contributed by atoms with Crippen LogP contribution in [0.15, 0.2) is 72.8 Å². The minimum absolute atomic E-state index is 0.0443. The van der Waals surface area contributed by atoms with Crippen molar-refractivity contribution in [3.8, 4) is 5.75 Å². The molecule has 0 saturated heterocycles. The molecule has 2 atom stereocenters. The third-order valence-electron chi connectivity index (χ3n) is 5.82. The molecule has 1 N–H and O–H groups in total. The van der Waals surface area contributed by atoms with Crippen LogP contribution in [0.1, 0.15) is 31.4 Å². The van der Waals surface area contributed by atoms with E-state index in [1.54, 1.807) is 24.3 Å². The lowest BCUT2D eigenvalue weighted by atomic mass is 10.0. The average molecular weight is 548 g/mol. The molecule has 0 aliphatic carbocycles. The number of benzene rings is 3. The number of carbonyl (C=O) groups excluding carboxylic acids is 2. The van der Waals surface area contributed by atoms with Crippen LogP contribution < -0.4 is 10.1 Å². The van der Waals surface area contributed by atoms with E-state index in [0.29, 0.717) is 27.2 Å². The minimum Gasteiger partial charge on any atom is -0.482 e. The van der Waals surface area contributed by atoms with Gasteiger partial charge >= 0.3 is 0 Å². The molecule has 3 aromatic rings. The lowest BCUT2D eigenvalue weighted by Crippen LogP contribution is -2.53. The molecule has 0 spiro atoms. The Morgan fingerprint density at radius 1 is 0.944 bits per heavy atom. The molecule has 8 heteroatoms. The summed E-state index contributed by atoms with van der Waals surface area (Å²) in [5.74, 6) is -0.282. The van der Waals surface area contributed by atoms with Gasteiger partial charge in [-0.05, 0) is 48.7 Å². The van der Waals surface area contributed by atoms with Gasteiger partial charge in [0.15, 0.2) is 6.61 Å². The second-order valence-electron chi connectivity index (χ2n) is 8.50. The fourth-order valence-electron chi connectivity index (χ4n) is 3.62. The van der Waals surface area contributed by atoms with E-state index in [-0.39, 0.29) is 31.0 Å². The number of carbonyl (C=O) groups is 2. The molecular weight excluding hydrogens is 519 g/mol. The molecule has 3 aromatic carbocycles. The van der Waals surface area contributed by atoms with Crippen molar-refractivity contribution >= 4 is 46.6 Å². The maximum Gasteiger partial charge on any atom is 0.261 e. The zero-order valence-electron chi connectivity index (χ0n) is 20.2. The van der Waals surface area contributed by atoms with E-state index in [1.807, 2.05) is 62.4 Å². The van der Waals surface area contributed by atoms with Gasteiger partial charge in [0.2, 0.25) is 5.91 Å². The summed E-state index contributed by atoms with van der Waals surface area (Å²) < 4.78 is 5.74. The average Bonchev–Trinajstić information content (AvgIpc) is 2.87. The first-order valence-corrected chi connectivity index (χ1v) is 12.9. The van der Waals surface area contributed by atoms with Crippen molar-refractivity contribution in [2.45, 2.75) is 45.3 Å². The number of rotatable bonds is 11. The van der Waals surface area contributed by atoms with Crippen molar-refractivity contribution in [1.82, 2.24) is 10.2 Å². The Morgan fingerprint density at radius 2 is 1.64 bits per heavy atom. The first kappa shape index (κ1) is 27.9. The van der Waals surface area contributed by atoms with Crippen LogP contribution >= 0.6 is 34.8 Å². The monoisotopic (exact) mass is 546 g/mol. The second-order valence-corrected chi connectivity index (χ2v) is 9.75. The number of hydrogen-bond donors (Lipinski definition) is 1. The van der Waals surface area contributed by atoms with Gasteiger partial charge in [-0.1, -0.05) is 90.3 Å². The van der Waals surface area contributed by atoms with Gasteiger partial charge < -0.3 is 15.0 Å². The molecule has 3 rings (SSSR count). The predicted octanol–water partition coefficient (Wildman–Crippen LogP) is 6.58. The van der Waals surface area contributed by atoms with Gasteiger partial charge in [-0.15, -0.1) is 0 Å². The number of amides is 2. The lowest BCUT2D eigenvalue weighted by molar-refractivity contribution is -0.143. The fourth-order valence-corrected chi connectivity index (χ4v) is 4.28. The summed E-state index contributed by atoms with van der Waals surface area (Å²) in [4.78, 5) is 28.6. The Bertz CT molecular complexity index is 1170. The molecule has 0 aromatic heterocycles. The summed E-state index contributed by atoms with van der Waals surface area (Å²) in [6.45, 7) is 3.76. The SMILES string of the molecule is CC[C@@H](C)NC(=O)[C@H](Cc1ccccc1)N(Cc1ccccc1Cl)C(=O)COc1ccc(Cl)cc1Cl. The zero-order valence-corrected chi connectivity index (χ0v) is 22.5. The molecule has 0 aliphatic rings. The molecule has 36 heavy (non-hydrogen) atoms. The van der Waals surface area contributed by atoms with E-state index < -0.39 is 6.04 Å². The first-order chi connectivity index (χ1) is 17.3. The highest BCUT2D eigenvalue weighted by Gasteiger charge is 2.31. The Labute approximate surface area is 227 Å². The number of halogens is 3. The summed E-state index contributed by atoms with van der Waals surface area (Å²) in [6, 6.07) is 20.8. The maximum atomic E-state index is 13.6. The van der Waals surface area contributed by atoms with Crippen molar-refractivity contribution in [1.29, 1.82) is 0 Å². The summed E-state index contributed by atoms with van der Waals surface area (Å²) in [5.41, 5.74) is 1.66. The van der Waals surface area contributed by atoms with Gasteiger partial charge in [0.1, 0.15) is 11.8 Å². The van der Waals surface area contributed by atoms with Crippen molar-refractivity contribution < 1.29 is 14.3 Å². The van der Waals surface area contributed by atoms with Crippen molar-refractivity contribution in [3.63, 3.8) is 0 Å². The van der Waals surface area contributed by atoms with E-state index in [1.165, 1.54) is 4.90 Å². The van der Waals surface area contributed by atoms with Crippen LogP contribution in [0.25, 0.3) is 0 Å². The van der Waals surface area contributed by atoms with Gasteiger partial charge in [-0.2, -0.15) is 0 Å². The molecular formula is C28H29Cl3N2O3. The molecule has 0 unspecified atom stereocenters. The predicted molar refractivity (Wildman–Crippen MR) is 146 cm³/mol. The summed E-state index contributed by atoms with van der Waals surface area (Å²) in [7, 11) is 0. The third kappa shape index (κ3) is 7.89.